The van der Waals surface area contributed by atoms with Crippen molar-refractivity contribution in [2.75, 3.05) is 24.4 Å². The lowest BCUT2D eigenvalue weighted by Gasteiger charge is -2.17. The van der Waals surface area contributed by atoms with Crippen molar-refractivity contribution in [1.82, 2.24) is 0 Å². The summed E-state index contributed by atoms with van der Waals surface area (Å²) in [7, 11) is 1.44. The molecule has 0 saturated carbocycles. The predicted molar refractivity (Wildman–Crippen MR) is 75.7 cm³/mol. The Balaban J connectivity index is 3.03. The number of hydrogen-bond acceptors (Lipinski definition) is 5. The molecule has 0 saturated heterocycles. The van der Waals surface area contributed by atoms with Crippen molar-refractivity contribution in [1.29, 1.82) is 0 Å². The number of nitro benzene ring substituents is 1. The van der Waals surface area contributed by atoms with E-state index in [2.05, 4.69) is 12.2 Å². The quantitative estimate of drug-likeness (QED) is 0.609. The van der Waals surface area contributed by atoms with E-state index in [4.69, 9.17) is 4.74 Å². The molecule has 1 atom stereocenters. The van der Waals surface area contributed by atoms with Crippen LogP contribution in [0.25, 0.3) is 0 Å². The molecule has 1 aromatic carbocycles. The number of ether oxygens (including phenoxy) is 1. The van der Waals surface area contributed by atoms with E-state index in [1.807, 2.05) is 6.26 Å². The second-order valence-corrected chi connectivity index (χ2v) is 4.73. The molecule has 0 aromatic heterocycles. The molecule has 0 spiro atoms. The zero-order valence-electron chi connectivity index (χ0n) is 10.8. The third-order valence-electron chi connectivity index (χ3n) is 2.62. The second kappa shape index (κ2) is 7.10. The zero-order valence-corrected chi connectivity index (χ0v) is 11.6. The lowest BCUT2D eigenvalue weighted by atomic mass is 10.2. The van der Waals surface area contributed by atoms with Crippen LogP contribution in [0, 0.1) is 10.1 Å². The first-order valence-corrected chi connectivity index (χ1v) is 7.10. The summed E-state index contributed by atoms with van der Waals surface area (Å²) in [6.07, 6.45) is 2.93. The van der Waals surface area contributed by atoms with Gasteiger partial charge in [-0.25, -0.2) is 0 Å². The van der Waals surface area contributed by atoms with E-state index >= 15 is 0 Å². The molecule has 0 fully saturated rings. The number of methoxy groups -OCH3 is 1. The van der Waals surface area contributed by atoms with Crippen molar-refractivity contribution in [3.63, 3.8) is 0 Å². The van der Waals surface area contributed by atoms with Gasteiger partial charge in [0.2, 0.25) is 0 Å². The van der Waals surface area contributed by atoms with Gasteiger partial charge in [-0.2, -0.15) is 11.8 Å². The van der Waals surface area contributed by atoms with Crippen LogP contribution in [-0.4, -0.2) is 30.1 Å². The minimum absolute atomic E-state index is 0.000414. The first-order chi connectivity index (χ1) is 8.63. The van der Waals surface area contributed by atoms with Gasteiger partial charge in [0.15, 0.2) is 5.75 Å². The Hall–Kier alpha value is -1.43. The maximum atomic E-state index is 11.1. The molecule has 6 heteroatoms. The summed E-state index contributed by atoms with van der Waals surface area (Å²) in [4.78, 5) is 10.7. The van der Waals surface area contributed by atoms with E-state index in [1.54, 1.807) is 30.0 Å². The Morgan fingerprint density at radius 2 is 2.28 bits per heavy atom. The topological polar surface area (TPSA) is 64.4 Å². The highest BCUT2D eigenvalue weighted by Gasteiger charge is 2.21. The van der Waals surface area contributed by atoms with Gasteiger partial charge in [0.1, 0.15) is 5.69 Å². The minimum atomic E-state index is -0.410. The van der Waals surface area contributed by atoms with Crippen LogP contribution in [0.2, 0.25) is 0 Å². The van der Waals surface area contributed by atoms with Crippen LogP contribution < -0.4 is 10.1 Å². The molecule has 100 valence electrons. The highest BCUT2D eigenvalue weighted by molar-refractivity contribution is 7.98. The number of nitrogens with zero attached hydrogens (tertiary/aromatic N) is 1. The normalized spacial score (nSPS) is 11.9. The molecular formula is C12H18N2O3S. The van der Waals surface area contributed by atoms with Crippen LogP contribution in [0.3, 0.4) is 0 Å². The van der Waals surface area contributed by atoms with E-state index in [0.717, 1.165) is 12.2 Å². The van der Waals surface area contributed by atoms with Gasteiger partial charge in [0.25, 0.3) is 0 Å². The largest absolute Gasteiger partial charge is 0.490 e. The maximum Gasteiger partial charge on any atom is 0.333 e. The Morgan fingerprint density at radius 3 is 2.78 bits per heavy atom. The molecule has 1 N–H and O–H groups in total. The van der Waals surface area contributed by atoms with Gasteiger partial charge in [-0.15, -0.1) is 0 Å². The Labute approximate surface area is 111 Å². The zero-order chi connectivity index (χ0) is 13.5. The molecule has 5 nitrogen and oxygen atoms in total. The van der Waals surface area contributed by atoms with Crippen LogP contribution >= 0.6 is 11.8 Å². The van der Waals surface area contributed by atoms with Crippen LogP contribution in [-0.2, 0) is 0 Å². The Bertz CT molecular complexity index is 412. The molecular weight excluding hydrogens is 252 g/mol. The Kier molecular flexibility index (Phi) is 5.77. The van der Waals surface area contributed by atoms with E-state index in [0.29, 0.717) is 5.69 Å². The number of rotatable bonds is 7. The standard InChI is InChI=1S/C12H18N2O3S/c1-4-9(8-18-3)13-10-6-5-7-11(17-2)12(10)14(15)16/h5-7,9,13H,4,8H2,1-3H3. The van der Waals surface area contributed by atoms with Gasteiger partial charge in [0, 0.05) is 11.8 Å². The summed E-state index contributed by atoms with van der Waals surface area (Å²) in [5.41, 5.74) is 0.514. The van der Waals surface area contributed by atoms with Crippen molar-refractivity contribution < 1.29 is 9.66 Å². The fourth-order valence-electron chi connectivity index (χ4n) is 1.67. The fourth-order valence-corrected chi connectivity index (χ4v) is 2.40. The molecule has 0 aliphatic carbocycles. The van der Waals surface area contributed by atoms with Crippen LogP contribution in [0.15, 0.2) is 18.2 Å². The Morgan fingerprint density at radius 1 is 1.56 bits per heavy atom. The van der Waals surface area contributed by atoms with Crippen LogP contribution in [0.5, 0.6) is 5.75 Å². The van der Waals surface area contributed by atoms with E-state index in [9.17, 15) is 10.1 Å². The van der Waals surface area contributed by atoms with Crippen LogP contribution in [0.1, 0.15) is 13.3 Å². The van der Waals surface area contributed by atoms with E-state index in [-0.39, 0.29) is 17.5 Å². The fraction of sp³-hybridized carbons (Fsp3) is 0.500. The average molecular weight is 270 g/mol. The highest BCUT2D eigenvalue weighted by Crippen LogP contribution is 2.35. The average Bonchev–Trinajstić information content (AvgIpc) is 2.37. The predicted octanol–water partition coefficient (Wildman–Crippen LogP) is 3.16. The van der Waals surface area contributed by atoms with Gasteiger partial charge in [-0.3, -0.25) is 10.1 Å². The second-order valence-electron chi connectivity index (χ2n) is 3.82. The maximum absolute atomic E-state index is 11.1. The lowest BCUT2D eigenvalue weighted by molar-refractivity contribution is -0.384. The molecule has 0 radical (unpaired) electrons. The number of hydrogen-bond donors (Lipinski definition) is 1. The van der Waals surface area contributed by atoms with E-state index in [1.165, 1.54) is 7.11 Å². The molecule has 0 aliphatic rings. The summed E-state index contributed by atoms with van der Waals surface area (Å²) in [6, 6.07) is 5.27. The van der Waals surface area contributed by atoms with Gasteiger partial charge >= 0.3 is 5.69 Å². The van der Waals surface area contributed by atoms with Crippen LogP contribution in [0.4, 0.5) is 11.4 Å². The van der Waals surface area contributed by atoms with Gasteiger partial charge in [-0.1, -0.05) is 13.0 Å². The monoisotopic (exact) mass is 270 g/mol. The van der Waals surface area contributed by atoms with Crippen molar-refractivity contribution in [3.8, 4) is 5.75 Å². The smallest absolute Gasteiger partial charge is 0.333 e. The van der Waals surface area contributed by atoms with Gasteiger partial charge in [0.05, 0.1) is 12.0 Å². The number of thioether (sulfide) groups is 1. The molecule has 1 aromatic rings. The molecule has 0 bridgehead atoms. The minimum Gasteiger partial charge on any atom is -0.490 e. The number of nitrogens with one attached hydrogen (secondary N) is 1. The molecule has 0 amide bonds. The first kappa shape index (κ1) is 14.6. The number of nitro groups is 1. The summed E-state index contributed by atoms with van der Waals surface area (Å²) in [5.74, 6) is 1.19. The highest BCUT2D eigenvalue weighted by atomic mass is 32.2. The van der Waals surface area contributed by atoms with E-state index < -0.39 is 4.92 Å². The summed E-state index contributed by atoms with van der Waals surface area (Å²) < 4.78 is 5.04. The summed E-state index contributed by atoms with van der Waals surface area (Å²) >= 11 is 1.71. The van der Waals surface area contributed by atoms with Crippen molar-refractivity contribution >= 4 is 23.1 Å². The SMILES string of the molecule is CCC(CSC)Nc1cccc(OC)c1[N+](=O)[O-]. The summed E-state index contributed by atoms with van der Waals surface area (Å²) in [5, 5.41) is 14.3. The molecule has 1 unspecified atom stereocenters. The number of anilines is 1. The van der Waals surface area contributed by atoms with Crippen molar-refractivity contribution in [2.24, 2.45) is 0 Å². The molecule has 1 rings (SSSR count). The van der Waals surface area contributed by atoms with Gasteiger partial charge < -0.3 is 10.1 Å². The van der Waals surface area contributed by atoms with Crippen molar-refractivity contribution in [2.45, 2.75) is 19.4 Å². The van der Waals surface area contributed by atoms with Crippen molar-refractivity contribution in [3.05, 3.63) is 28.3 Å². The molecule has 18 heavy (non-hydrogen) atoms. The number of benzene rings is 1. The lowest BCUT2D eigenvalue weighted by Crippen LogP contribution is -2.21. The third-order valence-corrected chi connectivity index (χ3v) is 3.36. The number of para-hydroxylation sites is 1. The first-order valence-electron chi connectivity index (χ1n) is 5.70. The van der Waals surface area contributed by atoms with Gasteiger partial charge in [-0.05, 0) is 24.8 Å². The molecule has 0 aliphatic heterocycles. The third kappa shape index (κ3) is 3.53. The molecule has 0 heterocycles. The summed E-state index contributed by atoms with van der Waals surface area (Å²) in [6.45, 7) is 2.06.